The molecule has 2 aromatic carbocycles. The van der Waals surface area contributed by atoms with Crippen molar-refractivity contribution < 1.29 is 9.18 Å². The molecule has 2 amide bonds. The number of piperidine rings is 1. The molecule has 0 aliphatic carbocycles. The predicted molar refractivity (Wildman–Crippen MR) is 116 cm³/mol. The maximum atomic E-state index is 13.4. The lowest BCUT2D eigenvalue weighted by atomic mass is 10.0. The number of hydrogen-bond acceptors (Lipinski definition) is 4. The van der Waals surface area contributed by atoms with E-state index in [9.17, 15) is 9.18 Å². The van der Waals surface area contributed by atoms with Gasteiger partial charge in [0.15, 0.2) is 0 Å². The number of rotatable bonds is 4. The quantitative estimate of drug-likeness (QED) is 0.698. The minimum atomic E-state index is -0.267. The summed E-state index contributed by atoms with van der Waals surface area (Å²) in [5.74, 6) is 0.470. The van der Waals surface area contributed by atoms with Crippen molar-refractivity contribution in [1.82, 2.24) is 14.9 Å². The number of carbonyl (C=O) groups is 1. The smallest absolute Gasteiger partial charge is 0.321 e. The number of nitrogens with one attached hydrogen (secondary N) is 1. The molecule has 6 nitrogen and oxygen atoms in total. The van der Waals surface area contributed by atoms with Gasteiger partial charge in [-0.1, -0.05) is 24.3 Å². The van der Waals surface area contributed by atoms with E-state index in [1.807, 2.05) is 37.4 Å². The van der Waals surface area contributed by atoms with Crippen LogP contribution in [0.25, 0.3) is 11.1 Å². The first-order chi connectivity index (χ1) is 14.6. The third-order valence-electron chi connectivity index (χ3n) is 5.46. The van der Waals surface area contributed by atoms with E-state index in [1.54, 1.807) is 29.4 Å². The first kappa shape index (κ1) is 19.8. The van der Waals surface area contributed by atoms with E-state index in [0.717, 1.165) is 43.0 Å². The maximum absolute atomic E-state index is 13.4. The fourth-order valence-corrected chi connectivity index (χ4v) is 3.70. The summed E-state index contributed by atoms with van der Waals surface area (Å²) in [6, 6.07) is 15.7. The normalized spacial score (nSPS) is 14.4. The van der Waals surface area contributed by atoms with Gasteiger partial charge in [0, 0.05) is 44.3 Å². The van der Waals surface area contributed by atoms with Gasteiger partial charge in [-0.25, -0.2) is 19.2 Å². The highest BCUT2D eigenvalue weighted by Gasteiger charge is 2.26. The van der Waals surface area contributed by atoms with Gasteiger partial charge >= 0.3 is 6.03 Å². The van der Waals surface area contributed by atoms with Gasteiger partial charge in [-0.15, -0.1) is 0 Å². The highest BCUT2D eigenvalue weighted by atomic mass is 19.1. The van der Waals surface area contributed by atoms with Gasteiger partial charge in [0.05, 0.1) is 0 Å². The van der Waals surface area contributed by atoms with Crippen LogP contribution in [0.1, 0.15) is 12.8 Å². The van der Waals surface area contributed by atoms with Crippen LogP contribution in [0.5, 0.6) is 0 Å². The van der Waals surface area contributed by atoms with Crippen LogP contribution in [0.4, 0.5) is 20.8 Å². The van der Waals surface area contributed by atoms with Crippen molar-refractivity contribution in [3.05, 3.63) is 72.8 Å². The molecule has 7 heteroatoms. The summed E-state index contributed by atoms with van der Waals surface area (Å²) in [4.78, 5) is 25.2. The Hall–Kier alpha value is -3.48. The molecule has 1 aliphatic rings. The summed E-state index contributed by atoms with van der Waals surface area (Å²) < 4.78 is 13.4. The van der Waals surface area contributed by atoms with E-state index in [4.69, 9.17) is 0 Å². The van der Waals surface area contributed by atoms with Crippen LogP contribution >= 0.6 is 0 Å². The van der Waals surface area contributed by atoms with Gasteiger partial charge in [-0.2, -0.15) is 0 Å². The molecule has 1 fully saturated rings. The fraction of sp³-hybridized carbons (Fsp3) is 0.261. The van der Waals surface area contributed by atoms with Crippen LogP contribution in [0, 0.1) is 5.82 Å². The summed E-state index contributed by atoms with van der Waals surface area (Å²) in [5.41, 5.74) is 2.41. The average Bonchev–Trinajstić information content (AvgIpc) is 2.80. The van der Waals surface area contributed by atoms with E-state index in [0.29, 0.717) is 5.69 Å². The van der Waals surface area contributed by atoms with Gasteiger partial charge in [0.1, 0.15) is 5.82 Å². The van der Waals surface area contributed by atoms with Crippen LogP contribution < -0.4 is 10.2 Å². The molecule has 0 radical (unpaired) electrons. The topological polar surface area (TPSA) is 61.4 Å². The van der Waals surface area contributed by atoms with E-state index in [1.165, 1.54) is 12.1 Å². The summed E-state index contributed by atoms with van der Waals surface area (Å²) in [7, 11) is 1.83. The Kier molecular flexibility index (Phi) is 5.88. The molecule has 0 spiro atoms. The lowest BCUT2D eigenvalue weighted by molar-refractivity contribution is 0.193. The summed E-state index contributed by atoms with van der Waals surface area (Å²) in [6.45, 7) is 1.63. The minimum Gasteiger partial charge on any atom is -0.341 e. The lowest BCUT2D eigenvalue weighted by Crippen LogP contribution is -2.47. The molecule has 1 N–H and O–H groups in total. The molecule has 1 saturated heterocycles. The number of carbonyl (C=O) groups excluding carboxylic acids is 1. The molecule has 0 saturated carbocycles. The van der Waals surface area contributed by atoms with Crippen molar-refractivity contribution in [2.75, 3.05) is 30.4 Å². The second-order valence-corrected chi connectivity index (χ2v) is 7.40. The zero-order chi connectivity index (χ0) is 20.9. The third-order valence-corrected chi connectivity index (χ3v) is 5.46. The highest BCUT2D eigenvalue weighted by Crippen LogP contribution is 2.23. The van der Waals surface area contributed by atoms with Gasteiger partial charge < -0.3 is 15.1 Å². The number of benzene rings is 2. The third kappa shape index (κ3) is 4.56. The largest absolute Gasteiger partial charge is 0.341 e. The van der Waals surface area contributed by atoms with Crippen molar-refractivity contribution in [3.8, 4) is 11.1 Å². The standard InChI is InChI=1S/C23H24FN5O/c1-28(21-10-14-29(15-11-21)22-25-12-3-13-26-22)23(30)27-20-8-6-17(7-9-20)18-4-2-5-19(24)16-18/h2-9,12-13,16,21H,10-11,14-15H2,1H3,(H,27,30). The number of anilines is 2. The molecule has 1 aliphatic heterocycles. The Morgan fingerprint density at radius 2 is 1.73 bits per heavy atom. The maximum Gasteiger partial charge on any atom is 0.321 e. The van der Waals surface area contributed by atoms with Crippen molar-refractivity contribution in [3.63, 3.8) is 0 Å². The molecule has 0 bridgehead atoms. The number of aromatic nitrogens is 2. The molecule has 30 heavy (non-hydrogen) atoms. The zero-order valence-electron chi connectivity index (χ0n) is 16.8. The summed E-state index contributed by atoms with van der Waals surface area (Å²) >= 11 is 0. The van der Waals surface area contributed by atoms with E-state index in [-0.39, 0.29) is 17.9 Å². The van der Waals surface area contributed by atoms with Crippen LogP contribution in [-0.2, 0) is 0 Å². The lowest BCUT2D eigenvalue weighted by Gasteiger charge is -2.36. The van der Waals surface area contributed by atoms with Crippen LogP contribution in [-0.4, -0.2) is 47.1 Å². The summed E-state index contributed by atoms with van der Waals surface area (Å²) in [5, 5.41) is 2.95. The second kappa shape index (κ2) is 8.90. The molecule has 4 rings (SSSR count). The van der Waals surface area contributed by atoms with Crippen LogP contribution in [0.3, 0.4) is 0 Å². The molecule has 0 atom stereocenters. The number of nitrogens with zero attached hydrogens (tertiary/aromatic N) is 4. The SMILES string of the molecule is CN(C(=O)Nc1ccc(-c2cccc(F)c2)cc1)C1CCN(c2ncccn2)CC1. The molecular weight excluding hydrogens is 381 g/mol. The molecule has 1 aromatic heterocycles. The predicted octanol–water partition coefficient (Wildman–Crippen LogP) is 4.42. The second-order valence-electron chi connectivity index (χ2n) is 7.40. The van der Waals surface area contributed by atoms with Gasteiger partial charge in [0.2, 0.25) is 5.95 Å². The fourth-order valence-electron chi connectivity index (χ4n) is 3.70. The highest BCUT2D eigenvalue weighted by molar-refractivity contribution is 5.89. The van der Waals surface area contributed by atoms with E-state index >= 15 is 0 Å². The van der Waals surface area contributed by atoms with Crippen LogP contribution in [0.15, 0.2) is 67.0 Å². The van der Waals surface area contributed by atoms with Crippen molar-refractivity contribution in [2.45, 2.75) is 18.9 Å². The van der Waals surface area contributed by atoms with Gasteiger partial charge in [-0.05, 0) is 54.3 Å². The first-order valence-corrected chi connectivity index (χ1v) is 10.0. The Morgan fingerprint density at radius 3 is 2.40 bits per heavy atom. The molecule has 0 unspecified atom stereocenters. The van der Waals surface area contributed by atoms with Gasteiger partial charge in [0.25, 0.3) is 0 Å². The number of amides is 2. The van der Waals surface area contributed by atoms with Crippen LogP contribution in [0.2, 0.25) is 0 Å². The number of urea groups is 1. The van der Waals surface area contributed by atoms with Crippen molar-refractivity contribution in [1.29, 1.82) is 0 Å². The minimum absolute atomic E-state index is 0.136. The Labute approximate surface area is 175 Å². The van der Waals surface area contributed by atoms with Gasteiger partial charge in [-0.3, -0.25) is 0 Å². The first-order valence-electron chi connectivity index (χ1n) is 10.0. The number of halogens is 1. The average molecular weight is 405 g/mol. The van der Waals surface area contributed by atoms with Crippen molar-refractivity contribution >= 4 is 17.7 Å². The van der Waals surface area contributed by atoms with E-state index in [2.05, 4.69) is 20.2 Å². The Balaban J connectivity index is 1.32. The number of hydrogen-bond donors (Lipinski definition) is 1. The molecular formula is C23H24FN5O. The van der Waals surface area contributed by atoms with Crippen molar-refractivity contribution in [2.24, 2.45) is 0 Å². The molecule has 3 aromatic rings. The zero-order valence-corrected chi connectivity index (χ0v) is 16.8. The molecule has 2 heterocycles. The monoisotopic (exact) mass is 405 g/mol. The van der Waals surface area contributed by atoms with E-state index < -0.39 is 0 Å². The Bertz CT molecular complexity index is 988. The molecule has 154 valence electrons. The Morgan fingerprint density at radius 1 is 1.03 bits per heavy atom. The summed E-state index contributed by atoms with van der Waals surface area (Å²) in [6.07, 6.45) is 5.21.